The van der Waals surface area contributed by atoms with Gasteiger partial charge in [-0.05, 0) is 24.5 Å². The molecule has 14 heavy (non-hydrogen) atoms. The molecular formula is C10H11NO2S. The molecule has 0 radical (unpaired) electrons. The topological polar surface area (TPSA) is 46.2 Å². The zero-order chi connectivity index (χ0) is 10.6. The van der Waals surface area contributed by atoms with Crippen LogP contribution >= 0.6 is 11.8 Å². The van der Waals surface area contributed by atoms with Gasteiger partial charge in [-0.3, -0.25) is 9.59 Å². The fourth-order valence-corrected chi connectivity index (χ4v) is 1.58. The van der Waals surface area contributed by atoms with E-state index in [1.807, 2.05) is 12.3 Å². The van der Waals surface area contributed by atoms with Gasteiger partial charge in [0.2, 0.25) is 5.91 Å². The lowest BCUT2D eigenvalue weighted by Crippen LogP contribution is -2.06. The highest BCUT2D eigenvalue weighted by Crippen LogP contribution is 2.21. The molecule has 1 N–H and O–H groups in total. The SMILES string of the molecule is CSc1cc(C=O)cc(NC(C)=O)c1. The van der Waals surface area contributed by atoms with E-state index in [0.29, 0.717) is 11.3 Å². The second kappa shape index (κ2) is 4.81. The van der Waals surface area contributed by atoms with Crippen molar-refractivity contribution in [2.75, 3.05) is 11.6 Å². The van der Waals surface area contributed by atoms with Crippen molar-refractivity contribution in [1.29, 1.82) is 0 Å². The summed E-state index contributed by atoms with van der Waals surface area (Å²) in [7, 11) is 0. The van der Waals surface area contributed by atoms with E-state index in [-0.39, 0.29) is 5.91 Å². The molecule has 0 aromatic heterocycles. The number of rotatable bonds is 3. The van der Waals surface area contributed by atoms with Crippen LogP contribution in [0, 0.1) is 0 Å². The second-order valence-corrected chi connectivity index (χ2v) is 3.67. The fourth-order valence-electron chi connectivity index (χ4n) is 1.08. The first-order valence-corrected chi connectivity index (χ1v) is 5.30. The molecule has 0 atom stereocenters. The maximum Gasteiger partial charge on any atom is 0.221 e. The Balaban J connectivity index is 3.03. The van der Waals surface area contributed by atoms with E-state index < -0.39 is 0 Å². The highest BCUT2D eigenvalue weighted by atomic mass is 32.2. The molecule has 0 spiro atoms. The van der Waals surface area contributed by atoms with Crippen molar-refractivity contribution < 1.29 is 9.59 Å². The van der Waals surface area contributed by atoms with Crippen LogP contribution in [0.3, 0.4) is 0 Å². The lowest BCUT2D eigenvalue weighted by Gasteiger charge is -2.05. The third kappa shape index (κ3) is 2.88. The number of thioether (sulfide) groups is 1. The van der Waals surface area contributed by atoms with Crippen molar-refractivity contribution in [3.05, 3.63) is 23.8 Å². The van der Waals surface area contributed by atoms with Gasteiger partial charge in [0.25, 0.3) is 0 Å². The number of amides is 1. The molecule has 4 heteroatoms. The van der Waals surface area contributed by atoms with Gasteiger partial charge in [0.1, 0.15) is 6.29 Å². The van der Waals surface area contributed by atoms with Crippen LogP contribution in [0.5, 0.6) is 0 Å². The molecule has 0 saturated carbocycles. The van der Waals surface area contributed by atoms with Crippen LogP contribution in [0.1, 0.15) is 17.3 Å². The number of anilines is 1. The summed E-state index contributed by atoms with van der Waals surface area (Å²) in [4.78, 5) is 22.4. The standard InChI is InChI=1S/C10H11NO2S/c1-7(13)11-9-3-8(6-12)4-10(5-9)14-2/h3-6H,1-2H3,(H,11,13). The Hall–Kier alpha value is -1.29. The van der Waals surface area contributed by atoms with Crippen molar-refractivity contribution >= 4 is 29.6 Å². The molecular weight excluding hydrogens is 198 g/mol. The smallest absolute Gasteiger partial charge is 0.221 e. The van der Waals surface area contributed by atoms with E-state index in [2.05, 4.69) is 5.32 Å². The first-order chi connectivity index (χ1) is 6.65. The fraction of sp³-hybridized carbons (Fsp3) is 0.200. The summed E-state index contributed by atoms with van der Waals surface area (Å²) < 4.78 is 0. The summed E-state index contributed by atoms with van der Waals surface area (Å²) in [6, 6.07) is 5.26. The Labute approximate surface area is 86.9 Å². The molecule has 0 aliphatic rings. The molecule has 1 aromatic carbocycles. The molecule has 1 aromatic rings. The number of carbonyl (C=O) groups is 2. The summed E-state index contributed by atoms with van der Waals surface area (Å²) in [5.74, 6) is -0.139. The van der Waals surface area contributed by atoms with Crippen LogP contribution in [0.15, 0.2) is 23.1 Å². The zero-order valence-corrected chi connectivity index (χ0v) is 8.85. The van der Waals surface area contributed by atoms with Gasteiger partial charge in [0, 0.05) is 23.1 Å². The van der Waals surface area contributed by atoms with E-state index in [1.165, 1.54) is 18.7 Å². The van der Waals surface area contributed by atoms with Gasteiger partial charge in [0.05, 0.1) is 0 Å². The van der Waals surface area contributed by atoms with E-state index in [4.69, 9.17) is 0 Å². The van der Waals surface area contributed by atoms with Gasteiger partial charge >= 0.3 is 0 Å². The summed E-state index contributed by atoms with van der Waals surface area (Å²) in [6.07, 6.45) is 2.69. The number of hydrogen-bond acceptors (Lipinski definition) is 3. The molecule has 0 aliphatic heterocycles. The maximum atomic E-state index is 10.8. The second-order valence-electron chi connectivity index (χ2n) is 2.79. The van der Waals surface area contributed by atoms with Crippen LogP contribution in [-0.4, -0.2) is 18.4 Å². The molecule has 0 fully saturated rings. The molecule has 1 rings (SSSR count). The van der Waals surface area contributed by atoms with Crippen LogP contribution in [-0.2, 0) is 4.79 Å². The number of aldehydes is 1. The predicted octanol–water partition coefficient (Wildman–Crippen LogP) is 2.18. The Morgan fingerprint density at radius 3 is 2.64 bits per heavy atom. The van der Waals surface area contributed by atoms with Gasteiger partial charge in [-0.25, -0.2) is 0 Å². The van der Waals surface area contributed by atoms with E-state index in [9.17, 15) is 9.59 Å². The Kier molecular flexibility index (Phi) is 3.71. The number of nitrogens with one attached hydrogen (secondary N) is 1. The van der Waals surface area contributed by atoms with Gasteiger partial charge in [-0.2, -0.15) is 0 Å². The molecule has 0 bridgehead atoms. The Morgan fingerprint density at radius 2 is 2.14 bits per heavy atom. The first kappa shape index (κ1) is 10.8. The molecule has 3 nitrogen and oxygen atoms in total. The normalized spacial score (nSPS) is 9.57. The van der Waals surface area contributed by atoms with E-state index in [1.54, 1.807) is 12.1 Å². The van der Waals surface area contributed by atoms with Crippen LogP contribution in [0.4, 0.5) is 5.69 Å². The van der Waals surface area contributed by atoms with Crippen molar-refractivity contribution in [2.24, 2.45) is 0 Å². The molecule has 0 heterocycles. The van der Waals surface area contributed by atoms with E-state index in [0.717, 1.165) is 11.2 Å². The van der Waals surface area contributed by atoms with Crippen molar-refractivity contribution in [3.63, 3.8) is 0 Å². The number of benzene rings is 1. The number of hydrogen-bond donors (Lipinski definition) is 1. The number of carbonyl (C=O) groups excluding carboxylic acids is 2. The van der Waals surface area contributed by atoms with Crippen molar-refractivity contribution in [1.82, 2.24) is 0 Å². The van der Waals surface area contributed by atoms with E-state index >= 15 is 0 Å². The van der Waals surface area contributed by atoms with Gasteiger partial charge < -0.3 is 5.32 Å². The molecule has 0 saturated heterocycles. The third-order valence-corrected chi connectivity index (χ3v) is 2.33. The minimum atomic E-state index is -0.139. The average Bonchev–Trinajstić information content (AvgIpc) is 2.16. The highest BCUT2D eigenvalue weighted by Gasteiger charge is 2.01. The predicted molar refractivity (Wildman–Crippen MR) is 57.9 cm³/mol. The van der Waals surface area contributed by atoms with Crippen LogP contribution < -0.4 is 5.32 Å². The Morgan fingerprint density at radius 1 is 1.43 bits per heavy atom. The van der Waals surface area contributed by atoms with Crippen LogP contribution in [0.25, 0.3) is 0 Å². The molecule has 0 unspecified atom stereocenters. The summed E-state index contributed by atoms with van der Waals surface area (Å²) in [5.41, 5.74) is 1.23. The monoisotopic (exact) mass is 209 g/mol. The molecule has 74 valence electrons. The summed E-state index contributed by atoms with van der Waals surface area (Å²) in [5, 5.41) is 2.64. The molecule has 0 aliphatic carbocycles. The minimum Gasteiger partial charge on any atom is -0.326 e. The quantitative estimate of drug-likeness (QED) is 0.613. The highest BCUT2D eigenvalue weighted by molar-refractivity contribution is 7.98. The lowest BCUT2D eigenvalue weighted by atomic mass is 10.2. The first-order valence-electron chi connectivity index (χ1n) is 4.07. The van der Waals surface area contributed by atoms with Crippen LogP contribution in [0.2, 0.25) is 0 Å². The van der Waals surface area contributed by atoms with Gasteiger partial charge in [-0.1, -0.05) is 0 Å². The van der Waals surface area contributed by atoms with Crippen molar-refractivity contribution in [2.45, 2.75) is 11.8 Å². The summed E-state index contributed by atoms with van der Waals surface area (Å²) >= 11 is 1.53. The third-order valence-electron chi connectivity index (χ3n) is 1.62. The van der Waals surface area contributed by atoms with Crippen molar-refractivity contribution in [3.8, 4) is 0 Å². The van der Waals surface area contributed by atoms with Gasteiger partial charge in [-0.15, -0.1) is 11.8 Å². The van der Waals surface area contributed by atoms with Gasteiger partial charge in [0.15, 0.2) is 0 Å². The zero-order valence-electron chi connectivity index (χ0n) is 8.03. The minimum absolute atomic E-state index is 0.139. The molecule has 1 amide bonds. The Bertz CT molecular complexity index is 363. The average molecular weight is 209 g/mol. The lowest BCUT2D eigenvalue weighted by molar-refractivity contribution is -0.114. The maximum absolute atomic E-state index is 10.8. The largest absolute Gasteiger partial charge is 0.326 e. The summed E-state index contributed by atoms with van der Waals surface area (Å²) in [6.45, 7) is 1.44.